The van der Waals surface area contributed by atoms with Crippen LogP contribution in [0.5, 0.6) is 0 Å². The average Bonchev–Trinajstić information content (AvgIpc) is 2.75. The van der Waals surface area contributed by atoms with Crippen molar-refractivity contribution in [2.45, 2.75) is 13.3 Å². The number of amides is 2. The van der Waals surface area contributed by atoms with Crippen LogP contribution in [0.2, 0.25) is 0 Å². The molecule has 0 saturated carbocycles. The molecule has 0 aliphatic carbocycles. The van der Waals surface area contributed by atoms with Crippen LogP contribution >= 0.6 is 15.9 Å². The first-order valence-corrected chi connectivity index (χ1v) is 10.7. The van der Waals surface area contributed by atoms with Gasteiger partial charge in [-0.1, -0.05) is 6.07 Å². The number of carbonyl (C=O) groups excluding carboxylic acids is 2. The fourth-order valence-corrected chi connectivity index (χ4v) is 3.69. The molecular weight excluding hydrogens is 453 g/mol. The highest BCUT2D eigenvalue weighted by Gasteiger charge is 2.17. The molecule has 2 amide bonds. The molecule has 30 heavy (non-hydrogen) atoms. The Morgan fingerprint density at radius 2 is 1.87 bits per heavy atom. The van der Waals surface area contributed by atoms with Crippen LogP contribution < -0.4 is 10.2 Å². The Morgan fingerprint density at radius 3 is 2.50 bits per heavy atom. The lowest BCUT2D eigenvalue weighted by Crippen LogP contribution is -2.38. The van der Waals surface area contributed by atoms with Crippen molar-refractivity contribution in [3.63, 3.8) is 0 Å². The molecule has 160 valence electrons. The van der Waals surface area contributed by atoms with Crippen molar-refractivity contribution in [1.82, 2.24) is 4.90 Å². The van der Waals surface area contributed by atoms with Gasteiger partial charge < -0.3 is 19.9 Å². The third kappa shape index (κ3) is 6.03. The summed E-state index contributed by atoms with van der Waals surface area (Å²) in [6.07, 6.45) is 0.105. The quantitative estimate of drug-likeness (QED) is 0.663. The van der Waals surface area contributed by atoms with Gasteiger partial charge in [0.2, 0.25) is 11.8 Å². The number of hydrogen-bond donors (Lipinski definition) is 1. The number of likely N-dealkylation sites (N-methyl/N-ethyl adjacent to an activating group) is 1. The fourth-order valence-electron chi connectivity index (χ4n) is 3.26. The zero-order valence-electron chi connectivity index (χ0n) is 16.9. The number of ether oxygens (including phenoxy) is 1. The number of nitrogens with zero attached hydrogens (tertiary/aromatic N) is 2. The van der Waals surface area contributed by atoms with Gasteiger partial charge in [-0.2, -0.15) is 0 Å². The van der Waals surface area contributed by atoms with Gasteiger partial charge in [0.1, 0.15) is 5.82 Å². The molecule has 0 radical (unpaired) electrons. The smallest absolute Gasteiger partial charge is 0.243 e. The Bertz CT molecular complexity index is 886. The van der Waals surface area contributed by atoms with E-state index in [1.165, 1.54) is 11.0 Å². The van der Waals surface area contributed by atoms with Gasteiger partial charge in [-0.3, -0.25) is 9.59 Å². The third-order valence-electron chi connectivity index (χ3n) is 4.94. The maximum atomic E-state index is 13.4. The van der Waals surface area contributed by atoms with Gasteiger partial charge in [0.05, 0.1) is 30.7 Å². The number of morpholine rings is 1. The normalized spacial score (nSPS) is 13.8. The van der Waals surface area contributed by atoms with Gasteiger partial charge >= 0.3 is 0 Å². The van der Waals surface area contributed by atoms with Crippen molar-refractivity contribution in [2.24, 2.45) is 0 Å². The Labute approximate surface area is 184 Å². The third-order valence-corrected chi connectivity index (χ3v) is 5.54. The van der Waals surface area contributed by atoms with Crippen molar-refractivity contribution < 1.29 is 18.7 Å². The van der Waals surface area contributed by atoms with Gasteiger partial charge in [-0.25, -0.2) is 4.39 Å². The molecule has 0 bridgehead atoms. The van der Waals surface area contributed by atoms with E-state index >= 15 is 0 Å². The number of carbonyl (C=O) groups is 2. The van der Waals surface area contributed by atoms with Gasteiger partial charge in [-0.05, 0) is 64.8 Å². The Balaban J connectivity index is 1.54. The number of rotatable bonds is 7. The standard InChI is InChI=1S/C22H25BrFN3O3/c1-2-26(22(29)14-16-3-8-20(24)19(23)13-16)15-21(28)25-17-4-6-18(7-5-17)27-9-11-30-12-10-27/h3-8,13H,2,9-12,14-15H2,1H3,(H,25,28). The summed E-state index contributed by atoms with van der Waals surface area (Å²) in [5.41, 5.74) is 2.46. The molecular formula is C22H25BrFN3O3. The molecule has 1 saturated heterocycles. The highest BCUT2D eigenvalue weighted by Crippen LogP contribution is 2.20. The van der Waals surface area contributed by atoms with E-state index < -0.39 is 0 Å². The molecule has 2 aromatic rings. The largest absolute Gasteiger partial charge is 0.378 e. The van der Waals surface area contributed by atoms with Crippen molar-refractivity contribution >= 4 is 39.1 Å². The van der Waals surface area contributed by atoms with Crippen LogP contribution in [0.4, 0.5) is 15.8 Å². The second kappa shape index (κ2) is 10.5. The van der Waals surface area contributed by atoms with Gasteiger partial charge in [0.25, 0.3) is 0 Å². The summed E-state index contributed by atoms with van der Waals surface area (Å²) in [5, 5.41) is 2.84. The summed E-state index contributed by atoms with van der Waals surface area (Å²) < 4.78 is 19.0. The lowest BCUT2D eigenvalue weighted by atomic mass is 10.1. The zero-order chi connectivity index (χ0) is 21.5. The first-order valence-electron chi connectivity index (χ1n) is 9.90. The molecule has 1 N–H and O–H groups in total. The highest BCUT2D eigenvalue weighted by atomic mass is 79.9. The van der Waals surface area contributed by atoms with Crippen molar-refractivity contribution in [2.75, 3.05) is 49.6 Å². The lowest BCUT2D eigenvalue weighted by Gasteiger charge is -2.29. The van der Waals surface area contributed by atoms with Crippen LogP contribution in [0, 0.1) is 5.82 Å². The molecule has 0 spiro atoms. The summed E-state index contributed by atoms with van der Waals surface area (Å²) in [7, 11) is 0. The van der Waals surface area contributed by atoms with Crippen molar-refractivity contribution in [3.8, 4) is 0 Å². The van der Waals surface area contributed by atoms with Crippen LogP contribution in [-0.2, 0) is 20.7 Å². The van der Waals surface area contributed by atoms with Gasteiger partial charge in [0, 0.05) is 31.0 Å². The van der Waals surface area contributed by atoms with Crippen LogP contribution in [0.1, 0.15) is 12.5 Å². The second-order valence-electron chi connectivity index (χ2n) is 7.03. The summed E-state index contributed by atoms with van der Waals surface area (Å²) in [5.74, 6) is -0.823. The number of hydrogen-bond acceptors (Lipinski definition) is 4. The van der Waals surface area contributed by atoms with E-state index in [4.69, 9.17) is 4.74 Å². The van der Waals surface area contributed by atoms with E-state index in [2.05, 4.69) is 26.1 Å². The lowest BCUT2D eigenvalue weighted by molar-refractivity contribution is -0.133. The molecule has 0 unspecified atom stereocenters. The first-order chi connectivity index (χ1) is 14.5. The van der Waals surface area contributed by atoms with E-state index in [1.54, 1.807) is 12.1 Å². The van der Waals surface area contributed by atoms with Crippen LogP contribution in [0.15, 0.2) is 46.9 Å². The number of anilines is 2. The predicted molar refractivity (Wildman–Crippen MR) is 118 cm³/mol. The van der Waals surface area contributed by atoms with Crippen molar-refractivity contribution in [3.05, 3.63) is 58.3 Å². The number of nitrogens with one attached hydrogen (secondary N) is 1. The molecule has 3 rings (SSSR count). The summed E-state index contributed by atoms with van der Waals surface area (Å²) in [6.45, 7) is 5.33. The minimum Gasteiger partial charge on any atom is -0.378 e. The van der Waals surface area contributed by atoms with Crippen molar-refractivity contribution in [1.29, 1.82) is 0 Å². The van der Waals surface area contributed by atoms with E-state index in [9.17, 15) is 14.0 Å². The predicted octanol–water partition coefficient (Wildman–Crippen LogP) is 3.45. The topological polar surface area (TPSA) is 61.9 Å². The molecule has 1 aliphatic heterocycles. The molecule has 1 heterocycles. The van der Waals surface area contributed by atoms with Crippen LogP contribution in [0.25, 0.3) is 0 Å². The zero-order valence-corrected chi connectivity index (χ0v) is 18.5. The highest BCUT2D eigenvalue weighted by molar-refractivity contribution is 9.10. The van der Waals surface area contributed by atoms with E-state index in [0.717, 1.165) is 18.8 Å². The minimum absolute atomic E-state index is 0.0388. The summed E-state index contributed by atoms with van der Waals surface area (Å²) in [4.78, 5) is 28.7. The SMILES string of the molecule is CCN(CC(=O)Nc1ccc(N2CCOCC2)cc1)C(=O)Cc1ccc(F)c(Br)c1. The molecule has 1 fully saturated rings. The van der Waals surface area contributed by atoms with Gasteiger partial charge in [0.15, 0.2) is 0 Å². The van der Waals surface area contributed by atoms with Gasteiger partial charge in [-0.15, -0.1) is 0 Å². The number of benzene rings is 2. The Kier molecular flexibility index (Phi) is 7.81. The molecule has 1 aliphatic rings. The monoisotopic (exact) mass is 477 g/mol. The Hall–Kier alpha value is -2.45. The number of halogens is 2. The molecule has 6 nitrogen and oxygen atoms in total. The summed E-state index contributed by atoms with van der Waals surface area (Å²) >= 11 is 3.12. The fraction of sp³-hybridized carbons (Fsp3) is 0.364. The van der Waals surface area contributed by atoms with E-state index in [1.807, 2.05) is 31.2 Å². The van der Waals surface area contributed by atoms with E-state index in [0.29, 0.717) is 35.5 Å². The maximum absolute atomic E-state index is 13.4. The first kappa shape index (κ1) is 22.2. The second-order valence-corrected chi connectivity index (χ2v) is 7.88. The van der Waals surface area contributed by atoms with E-state index in [-0.39, 0.29) is 30.6 Å². The molecule has 8 heteroatoms. The van der Waals surface area contributed by atoms with Crippen LogP contribution in [0.3, 0.4) is 0 Å². The Morgan fingerprint density at radius 1 is 1.17 bits per heavy atom. The molecule has 0 aromatic heterocycles. The molecule has 2 aromatic carbocycles. The average molecular weight is 478 g/mol. The summed E-state index contributed by atoms with van der Waals surface area (Å²) in [6, 6.07) is 12.1. The molecule has 0 atom stereocenters. The van der Waals surface area contributed by atoms with Crippen LogP contribution in [-0.4, -0.2) is 56.1 Å². The minimum atomic E-state index is -0.377. The maximum Gasteiger partial charge on any atom is 0.243 e.